The summed E-state index contributed by atoms with van der Waals surface area (Å²) in [5, 5.41) is 3.54. The van der Waals surface area contributed by atoms with Gasteiger partial charge in [0.25, 0.3) is 0 Å². The Labute approximate surface area is 106 Å². The van der Waals surface area contributed by atoms with Crippen LogP contribution in [0.4, 0.5) is 0 Å². The van der Waals surface area contributed by atoms with Gasteiger partial charge < -0.3 is 10.2 Å². The summed E-state index contributed by atoms with van der Waals surface area (Å²) in [5.41, 5.74) is 0. The molecule has 3 unspecified atom stereocenters. The number of hydrogen-bond acceptors (Lipinski definition) is 2. The first-order chi connectivity index (χ1) is 7.93. The number of hydrogen-bond donors (Lipinski definition) is 1. The van der Waals surface area contributed by atoms with Crippen LogP contribution in [-0.2, 0) is 4.79 Å². The van der Waals surface area contributed by atoms with Crippen LogP contribution in [0.25, 0.3) is 0 Å². The minimum atomic E-state index is -0.0608. The topological polar surface area (TPSA) is 32.3 Å². The lowest BCUT2D eigenvalue weighted by Gasteiger charge is -2.37. The van der Waals surface area contributed by atoms with Gasteiger partial charge in [-0.3, -0.25) is 4.79 Å². The zero-order chi connectivity index (χ0) is 13.0. The lowest BCUT2D eigenvalue weighted by molar-refractivity contribution is -0.130. The highest BCUT2D eigenvalue weighted by molar-refractivity contribution is 5.80. The Kier molecular flexibility index (Phi) is 5.44. The van der Waals surface area contributed by atoms with E-state index in [1.807, 2.05) is 21.0 Å². The smallest absolute Gasteiger partial charge is 0.238 e. The molecule has 1 aliphatic carbocycles. The summed E-state index contributed by atoms with van der Waals surface area (Å²) in [6.07, 6.45) is 5.16. The molecule has 0 bridgehead atoms. The Balaban J connectivity index is 2.55. The highest BCUT2D eigenvalue weighted by atomic mass is 16.2. The van der Waals surface area contributed by atoms with Crippen molar-refractivity contribution in [2.75, 3.05) is 14.1 Å². The maximum Gasteiger partial charge on any atom is 0.238 e. The van der Waals surface area contributed by atoms with Gasteiger partial charge in [-0.05, 0) is 31.6 Å². The summed E-state index contributed by atoms with van der Waals surface area (Å²) in [7, 11) is 3.64. The molecule has 0 saturated heterocycles. The van der Waals surface area contributed by atoms with Crippen LogP contribution in [0.15, 0.2) is 0 Å². The van der Waals surface area contributed by atoms with Gasteiger partial charge in [0, 0.05) is 20.1 Å². The van der Waals surface area contributed by atoms with Crippen LogP contribution in [0.3, 0.4) is 0 Å². The first kappa shape index (κ1) is 14.5. The molecule has 100 valence electrons. The van der Waals surface area contributed by atoms with Crippen molar-refractivity contribution < 1.29 is 4.79 Å². The molecule has 0 aromatic rings. The van der Waals surface area contributed by atoms with E-state index in [0.717, 1.165) is 5.92 Å². The fourth-order valence-electron chi connectivity index (χ4n) is 2.94. The van der Waals surface area contributed by atoms with Crippen LogP contribution in [0.5, 0.6) is 0 Å². The third-order valence-corrected chi connectivity index (χ3v) is 3.95. The van der Waals surface area contributed by atoms with Gasteiger partial charge in [0.15, 0.2) is 0 Å². The van der Waals surface area contributed by atoms with Gasteiger partial charge in [-0.15, -0.1) is 0 Å². The Hall–Kier alpha value is -0.570. The molecule has 1 N–H and O–H groups in total. The molecule has 0 aromatic heterocycles. The van der Waals surface area contributed by atoms with Crippen molar-refractivity contribution in [1.29, 1.82) is 0 Å². The van der Waals surface area contributed by atoms with E-state index in [-0.39, 0.29) is 11.9 Å². The molecule has 0 heterocycles. The van der Waals surface area contributed by atoms with Crippen LogP contribution < -0.4 is 5.32 Å². The summed E-state index contributed by atoms with van der Waals surface area (Å²) in [6.45, 7) is 6.57. The van der Waals surface area contributed by atoms with E-state index in [1.54, 1.807) is 4.90 Å². The molecule has 3 atom stereocenters. The third-order valence-electron chi connectivity index (χ3n) is 3.95. The molecule has 0 spiro atoms. The number of likely N-dealkylation sites (N-methyl/N-ethyl adjacent to an activating group) is 1. The van der Waals surface area contributed by atoms with E-state index >= 15 is 0 Å². The molecule has 3 heteroatoms. The van der Waals surface area contributed by atoms with Gasteiger partial charge in [0.1, 0.15) is 0 Å². The highest BCUT2D eigenvalue weighted by Gasteiger charge is 2.29. The van der Waals surface area contributed by atoms with Crippen LogP contribution in [-0.4, -0.2) is 37.0 Å². The quantitative estimate of drug-likeness (QED) is 0.817. The number of rotatable bonds is 4. The Morgan fingerprint density at radius 1 is 1.18 bits per heavy atom. The molecule has 17 heavy (non-hydrogen) atoms. The monoisotopic (exact) mass is 240 g/mol. The first-order valence-electron chi connectivity index (χ1n) is 6.90. The summed E-state index contributed by atoms with van der Waals surface area (Å²) >= 11 is 0. The van der Waals surface area contributed by atoms with E-state index in [9.17, 15) is 4.79 Å². The number of nitrogens with one attached hydrogen (secondary N) is 1. The minimum absolute atomic E-state index is 0.0608. The van der Waals surface area contributed by atoms with E-state index < -0.39 is 0 Å². The summed E-state index contributed by atoms with van der Waals surface area (Å²) in [5.74, 6) is 1.61. The predicted octanol–water partition coefficient (Wildman–Crippen LogP) is 2.27. The fraction of sp³-hybridized carbons (Fsp3) is 0.929. The first-order valence-corrected chi connectivity index (χ1v) is 6.90. The van der Waals surface area contributed by atoms with Crippen LogP contribution >= 0.6 is 0 Å². The van der Waals surface area contributed by atoms with Gasteiger partial charge in [0.2, 0.25) is 5.91 Å². The van der Waals surface area contributed by atoms with E-state index in [1.165, 1.54) is 25.7 Å². The van der Waals surface area contributed by atoms with Crippen LogP contribution in [0.2, 0.25) is 0 Å². The molecule has 1 rings (SSSR count). The largest absolute Gasteiger partial charge is 0.347 e. The lowest BCUT2D eigenvalue weighted by Crippen LogP contribution is -2.50. The second-order valence-electron chi connectivity index (χ2n) is 5.92. The van der Waals surface area contributed by atoms with Crippen molar-refractivity contribution in [3.63, 3.8) is 0 Å². The van der Waals surface area contributed by atoms with Crippen molar-refractivity contribution in [3.05, 3.63) is 0 Å². The molecule has 1 amide bonds. The van der Waals surface area contributed by atoms with E-state index in [0.29, 0.717) is 12.0 Å². The van der Waals surface area contributed by atoms with Gasteiger partial charge in [-0.2, -0.15) is 0 Å². The van der Waals surface area contributed by atoms with Gasteiger partial charge >= 0.3 is 0 Å². The van der Waals surface area contributed by atoms with E-state index in [4.69, 9.17) is 0 Å². The maximum absolute atomic E-state index is 11.9. The molecule has 0 aromatic carbocycles. The normalized spacial score (nSPS) is 26.9. The van der Waals surface area contributed by atoms with Crippen LogP contribution in [0.1, 0.15) is 46.5 Å². The molecular formula is C14H28N2O. The van der Waals surface area contributed by atoms with Crippen LogP contribution in [0, 0.1) is 11.8 Å². The van der Waals surface area contributed by atoms with Crippen molar-refractivity contribution in [2.24, 2.45) is 11.8 Å². The average molecular weight is 240 g/mol. The second kappa shape index (κ2) is 6.39. The molecule has 1 saturated carbocycles. The zero-order valence-electron chi connectivity index (χ0n) is 12.0. The van der Waals surface area contributed by atoms with Crippen molar-refractivity contribution in [3.8, 4) is 0 Å². The number of nitrogens with zero attached hydrogens (tertiary/aromatic N) is 1. The zero-order valence-corrected chi connectivity index (χ0v) is 12.0. The Morgan fingerprint density at radius 2 is 1.76 bits per heavy atom. The maximum atomic E-state index is 11.9. The molecule has 1 fully saturated rings. The van der Waals surface area contributed by atoms with Gasteiger partial charge in [-0.25, -0.2) is 0 Å². The second-order valence-corrected chi connectivity index (χ2v) is 5.92. The Bertz CT molecular complexity index is 251. The number of amides is 1. The van der Waals surface area contributed by atoms with Crippen molar-refractivity contribution >= 4 is 5.91 Å². The summed E-state index contributed by atoms with van der Waals surface area (Å²) < 4.78 is 0. The standard InChI is InChI=1S/C14H28N2O/c1-10(2)12-8-6-7-9-13(12)15-11(3)14(17)16(4)5/h10-13,15H,6-9H2,1-5H3. The number of carbonyl (C=O) groups excluding carboxylic acids is 1. The number of carbonyl (C=O) groups is 1. The predicted molar refractivity (Wildman–Crippen MR) is 71.9 cm³/mol. The molecule has 0 aliphatic heterocycles. The van der Waals surface area contributed by atoms with Crippen molar-refractivity contribution in [1.82, 2.24) is 10.2 Å². The molecular weight excluding hydrogens is 212 g/mol. The van der Waals surface area contributed by atoms with Crippen molar-refractivity contribution in [2.45, 2.75) is 58.5 Å². The van der Waals surface area contributed by atoms with Gasteiger partial charge in [-0.1, -0.05) is 26.7 Å². The Morgan fingerprint density at radius 3 is 2.29 bits per heavy atom. The lowest BCUT2D eigenvalue weighted by atomic mass is 9.77. The highest BCUT2D eigenvalue weighted by Crippen LogP contribution is 2.30. The SMILES string of the molecule is CC(NC1CCCCC1C(C)C)C(=O)N(C)C. The third kappa shape index (κ3) is 3.98. The fourth-order valence-corrected chi connectivity index (χ4v) is 2.94. The minimum Gasteiger partial charge on any atom is -0.347 e. The van der Waals surface area contributed by atoms with E-state index in [2.05, 4.69) is 19.2 Å². The molecule has 3 nitrogen and oxygen atoms in total. The molecule has 1 aliphatic rings. The average Bonchev–Trinajstić information content (AvgIpc) is 2.28. The summed E-state index contributed by atoms with van der Waals surface area (Å²) in [6, 6.07) is 0.456. The molecule has 0 radical (unpaired) electrons. The van der Waals surface area contributed by atoms with Gasteiger partial charge in [0.05, 0.1) is 6.04 Å². The summed E-state index contributed by atoms with van der Waals surface area (Å²) in [4.78, 5) is 13.5.